The monoisotopic (exact) mass is 463 g/mol. The van der Waals surface area contributed by atoms with Crippen LogP contribution in [0, 0.1) is 0 Å². The number of aromatic nitrogens is 2. The molecule has 7 heteroatoms. The molecule has 1 aromatic heterocycles. The standard InChI is InChI=1S/C23H18BrN3O3/c24-19-12-6-4-10-17(19)14-25-21(28)15-29-20-13-7-5-11-18(20)23-27-26-22(30-23)16-8-2-1-3-9-16/h1-13H,14-15H2,(H,25,28). The van der Waals surface area contributed by atoms with Gasteiger partial charge in [0.05, 0.1) is 5.56 Å². The summed E-state index contributed by atoms with van der Waals surface area (Å²) in [6.07, 6.45) is 0. The fourth-order valence-electron chi connectivity index (χ4n) is 2.83. The maximum Gasteiger partial charge on any atom is 0.258 e. The third-order valence-electron chi connectivity index (χ3n) is 4.36. The number of benzene rings is 3. The van der Waals surface area contributed by atoms with E-state index in [9.17, 15) is 4.79 Å². The fraction of sp³-hybridized carbons (Fsp3) is 0.0870. The Bertz CT molecular complexity index is 1150. The van der Waals surface area contributed by atoms with Gasteiger partial charge in [0.1, 0.15) is 5.75 Å². The van der Waals surface area contributed by atoms with Crippen molar-refractivity contribution in [2.24, 2.45) is 0 Å². The Hall–Kier alpha value is -3.45. The van der Waals surface area contributed by atoms with Crippen molar-refractivity contribution in [2.75, 3.05) is 6.61 Å². The molecule has 0 saturated heterocycles. The van der Waals surface area contributed by atoms with Crippen LogP contribution in [0.2, 0.25) is 0 Å². The highest BCUT2D eigenvalue weighted by atomic mass is 79.9. The molecule has 0 bridgehead atoms. The zero-order chi connectivity index (χ0) is 20.8. The van der Waals surface area contributed by atoms with E-state index in [0.717, 1.165) is 15.6 Å². The SMILES string of the molecule is O=C(COc1ccccc1-c1nnc(-c2ccccc2)o1)NCc1ccccc1Br. The topological polar surface area (TPSA) is 77.2 Å². The van der Waals surface area contributed by atoms with E-state index in [1.165, 1.54) is 0 Å². The molecule has 4 rings (SSSR count). The van der Waals surface area contributed by atoms with E-state index in [1.807, 2.05) is 72.8 Å². The number of halogens is 1. The molecule has 0 aliphatic heterocycles. The van der Waals surface area contributed by atoms with E-state index in [0.29, 0.717) is 29.6 Å². The van der Waals surface area contributed by atoms with Gasteiger partial charge in [0, 0.05) is 16.6 Å². The molecule has 30 heavy (non-hydrogen) atoms. The number of hydrogen-bond donors (Lipinski definition) is 1. The van der Waals surface area contributed by atoms with Gasteiger partial charge in [0.25, 0.3) is 11.8 Å². The predicted octanol–water partition coefficient (Wildman–Crippen LogP) is 4.86. The van der Waals surface area contributed by atoms with E-state index in [4.69, 9.17) is 9.15 Å². The molecule has 150 valence electrons. The first-order valence-corrected chi connectivity index (χ1v) is 10.1. The number of rotatable bonds is 7. The molecule has 1 heterocycles. The van der Waals surface area contributed by atoms with Crippen LogP contribution in [-0.2, 0) is 11.3 Å². The Morgan fingerprint density at radius 3 is 2.43 bits per heavy atom. The molecule has 0 atom stereocenters. The second-order valence-electron chi connectivity index (χ2n) is 6.43. The number of carbonyl (C=O) groups is 1. The van der Waals surface area contributed by atoms with Gasteiger partial charge < -0.3 is 14.5 Å². The molecule has 0 aliphatic rings. The van der Waals surface area contributed by atoms with Crippen LogP contribution in [0.15, 0.2) is 87.8 Å². The van der Waals surface area contributed by atoms with Crippen LogP contribution in [0.1, 0.15) is 5.56 Å². The highest BCUT2D eigenvalue weighted by Gasteiger charge is 2.15. The Morgan fingerprint density at radius 1 is 0.900 bits per heavy atom. The summed E-state index contributed by atoms with van der Waals surface area (Å²) in [6.45, 7) is 0.288. The van der Waals surface area contributed by atoms with E-state index in [2.05, 4.69) is 31.4 Å². The van der Waals surface area contributed by atoms with Crippen LogP contribution in [0.25, 0.3) is 22.9 Å². The van der Waals surface area contributed by atoms with Gasteiger partial charge in [-0.25, -0.2) is 0 Å². The highest BCUT2D eigenvalue weighted by Crippen LogP contribution is 2.30. The summed E-state index contributed by atoms with van der Waals surface area (Å²) in [4.78, 5) is 12.2. The lowest BCUT2D eigenvalue weighted by atomic mass is 10.2. The molecule has 6 nitrogen and oxygen atoms in total. The smallest absolute Gasteiger partial charge is 0.258 e. The lowest BCUT2D eigenvalue weighted by Gasteiger charge is -2.10. The van der Waals surface area contributed by atoms with Gasteiger partial charge in [-0.1, -0.05) is 64.5 Å². The third-order valence-corrected chi connectivity index (χ3v) is 5.13. The second kappa shape index (κ2) is 9.37. The molecule has 0 fully saturated rings. The Labute approximate surface area is 182 Å². The quantitative estimate of drug-likeness (QED) is 0.423. The Balaban J connectivity index is 1.42. The van der Waals surface area contributed by atoms with E-state index < -0.39 is 0 Å². The molecule has 0 spiro atoms. The number of para-hydroxylation sites is 1. The van der Waals surface area contributed by atoms with Gasteiger partial charge in [-0.05, 0) is 35.9 Å². The molecule has 0 unspecified atom stereocenters. The summed E-state index contributed by atoms with van der Waals surface area (Å²) in [5.41, 5.74) is 2.46. The zero-order valence-electron chi connectivity index (χ0n) is 15.9. The molecular formula is C23H18BrN3O3. The predicted molar refractivity (Wildman–Crippen MR) is 117 cm³/mol. The third kappa shape index (κ3) is 4.75. The van der Waals surface area contributed by atoms with Gasteiger partial charge in [-0.2, -0.15) is 0 Å². The zero-order valence-corrected chi connectivity index (χ0v) is 17.5. The number of hydrogen-bond acceptors (Lipinski definition) is 5. The summed E-state index contributed by atoms with van der Waals surface area (Å²) in [5, 5.41) is 11.1. The Morgan fingerprint density at radius 2 is 1.60 bits per heavy atom. The normalized spacial score (nSPS) is 10.6. The maximum atomic E-state index is 12.2. The minimum absolute atomic E-state index is 0.124. The number of ether oxygens (including phenoxy) is 1. The van der Waals surface area contributed by atoms with Gasteiger partial charge in [0.15, 0.2) is 6.61 Å². The van der Waals surface area contributed by atoms with Crippen molar-refractivity contribution in [3.63, 3.8) is 0 Å². The molecule has 4 aromatic rings. The Kier molecular flexibility index (Phi) is 6.20. The molecule has 1 N–H and O–H groups in total. The van der Waals surface area contributed by atoms with Crippen LogP contribution in [-0.4, -0.2) is 22.7 Å². The highest BCUT2D eigenvalue weighted by molar-refractivity contribution is 9.10. The van der Waals surface area contributed by atoms with E-state index in [-0.39, 0.29) is 12.5 Å². The lowest BCUT2D eigenvalue weighted by molar-refractivity contribution is -0.123. The van der Waals surface area contributed by atoms with Crippen LogP contribution in [0.4, 0.5) is 0 Å². The van der Waals surface area contributed by atoms with Gasteiger partial charge in [-0.15, -0.1) is 10.2 Å². The number of nitrogens with one attached hydrogen (secondary N) is 1. The number of carbonyl (C=O) groups excluding carboxylic acids is 1. The largest absolute Gasteiger partial charge is 0.483 e. The first-order valence-electron chi connectivity index (χ1n) is 9.32. The van der Waals surface area contributed by atoms with Crippen molar-refractivity contribution in [1.29, 1.82) is 0 Å². The molecule has 0 aliphatic carbocycles. The average Bonchev–Trinajstić information content (AvgIpc) is 3.28. The summed E-state index contributed by atoms with van der Waals surface area (Å²) >= 11 is 3.47. The minimum atomic E-state index is -0.226. The average molecular weight is 464 g/mol. The molecule has 0 radical (unpaired) electrons. The first-order chi connectivity index (χ1) is 14.7. The second-order valence-corrected chi connectivity index (χ2v) is 7.29. The number of nitrogens with zero attached hydrogens (tertiary/aromatic N) is 2. The first kappa shape index (κ1) is 19.8. The molecule has 1 amide bonds. The van der Waals surface area contributed by atoms with Crippen molar-refractivity contribution in [3.05, 3.63) is 88.9 Å². The van der Waals surface area contributed by atoms with Crippen LogP contribution in [0.5, 0.6) is 5.75 Å². The van der Waals surface area contributed by atoms with Crippen molar-refractivity contribution in [3.8, 4) is 28.7 Å². The van der Waals surface area contributed by atoms with Crippen LogP contribution >= 0.6 is 15.9 Å². The van der Waals surface area contributed by atoms with E-state index in [1.54, 1.807) is 6.07 Å². The lowest BCUT2D eigenvalue weighted by Crippen LogP contribution is -2.28. The van der Waals surface area contributed by atoms with Crippen molar-refractivity contribution in [2.45, 2.75) is 6.54 Å². The van der Waals surface area contributed by atoms with Gasteiger partial charge in [0.2, 0.25) is 5.89 Å². The molecule has 3 aromatic carbocycles. The number of amides is 1. The summed E-state index contributed by atoms with van der Waals surface area (Å²) in [5.74, 6) is 1.03. The van der Waals surface area contributed by atoms with Gasteiger partial charge >= 0.3 is 0 Å². The van der Waals surface area contributed by atoms with Crippen LogP contribution in [0.3, 0.4) is 0 Å². The van der Waals surface area contributed by atoms with Crippen molar-refractivity contribution >= 4 is 21.8 Å². The molecular weight excluding hydrogens is 446 g/mol. The minimum Gasteiger partial charge on any atom is -0.483 e. The van der Waals surface area contributed by atoms with Crippen LogP contribution < -0.4 is 10.1 Å². The maximum absolute atomic E-state index is 12.2. The fourth-order valence-corrected chi connectivity index (χ4v) is 3.25. The van der Waals surface area contributed by atoms with E-state index >= 15 is 0 Å². The molecule has 0 saturated carbocycles. The van der Waals surface area contributed by atoms with Gasteiger partial charge in [-0.3, -0.25) is 4.79 Å². The summed E-state index contributed by atoms with van der Waals surface area (Å²) < 4.78 is 12.5. The summed E-state index contributed by atoms with van der Waals surface area (Å²) in [6, 6.07) is 24.5. The summed E-state index contributed by atoms with van der Waals surface area (Å²) in [7, 11) is 0. The van der Waals surface area contributed by atoms with Crippen molar-refractivity contribution < 1.29 is 13.9 Å². The van der Waals surface area contributed by atoms with Crippen molar-refractivity contribution in [1.82, 2.24) is 15.5 Å².